The molecular formula is C16H21Br2NO2. The van der Waals surface area contributed by atoms with E-state index in [2.05, 4.69) is 31.9 Å². The number of amides is 1. The van der Waals surface area contributed by atoms with Gasteiger partial charge in [-0.1, -0.05) is 35.2 Å². The lowest BCUT2D eigenvalue weighted by molar-refractivity contribution is 0.0651. The fourth-order valence-electron chi connectivity index (χ4n) is 2.90. The first kappa shape index (κ1) is 16.8. The maximum absolute atomic E-state index is 12.8. The van der Waals surface area contributed by atoms with Crippen molar-refractivity contribution in [1.82, 2.24) is 4.90 Å². The first-order chi connectivity index (χ1) is 10.2. The molecule has 0 aliphatic heterocycles. The van der Waals surface area contributed by atoms with Crippen molar-refractivity contribution in [3.05, 3.63) is 28.2 Å². The van der Waals surface area contributed by atoms with Crippen molar-refractivity contribution in [2.75, 3.05) is 19.0 Å². The molecule has 0 bridgehead atoms. The van der Waals surface area contributed by atoms with Crippen LogP contribution in [0.15, 0.2) is 22.7 Å². The van der Waals surface area contributed by atoms with Crippen molar-refractivity contribution in [3.63, 3.8) is 0 Å². The highest BCUT2D eigenvalue weighted by Crippen LogP contribution is 2.28. The van der Waals surface area contributed by atoms with Gasteiger partial charge in [-0.15, -0.1) is 0 Å². The number of nitrogens with zero attached hydrogens (tertiary/aromatic N) is 1. The quantitative estimate of drug-likeness (QED) is 0.652. The largest absolute Gasteiger partial charge is 0.496 e. The van der Waals surface area contributed by atoms with Crippen LogP contribution in [-0.4, -0.2) is 35.8 Å². The summed E-state index contributed by atoms with van der Waals surface area (Å²) in [5.41, 5.74) is 0.717. The summed E-state index contributed by atoms with van der Waals surface area (Å²) in [5.74, 6) is 0.862. The van der Waals surface area contributed by atoms with Crippen molar-refractivity contribution in [2.45, 2.75) is 38.1 Å². The Hall–Kier alpha value is -0.550. The molecule has 0 N–H and O–H groups in total. The highest BCUT2D eigenvalue weighted by atomic mass is 79.9. The molecule has 1 aliphatic carbocycles. The van der Waals surface area contributed by atoms with Gasteiger partial charge in [0.1, 0.15) is 5.75 Å². The van der Waals surface area contributed by atoms with Crippen molar-refractivity contribution >= 4 is 37.8 Å². The molecule has 0 spiro atoms. The van der Waals surface area contributed by atoms with E-state index in [-0.39, 0.29) is 5.91 Å². The third-order valence-corrected chi connectivity index (χ3v) is 4.97. The third-order valence-electron chi connectivity index (χ3n) is 4.00. The lowest BCUT2D eigenvalue weighted by Crippen LogP contribution is -2.42. The maximum Gasteiger partial charge on any atom is 0.254 e. The Morgan fingerprint density at radius 2 is 2.05 bits per heavy atom. The smallest absolute Gasteiger partial charge is 0.254 e. The molecule has 0 aromatic heterocycles. The molecule has 116 valence electrons. The number of benzene rings is 1. The van der Waals surface area contributed by atoms with Gasteiger partial charge in [0.15, 0.2) is 0 Å². The Balaban J connectivity index is 2.19. The molecule has 1 saturated carbocycles. The number of alkyl halides is 1. The SMILES string of the molecule is COc1ccc(C(=O)N(CCBr)C2CCCCC2)cc1Br. The Morgan fingerprint density at radius 3 is 2.62 bits per heavy atom. The molecular weight excluding hydrogens is 398 g/mol. The van der Waals surface area contributed by atoms with E-state index in [1.807, 2.05) is 23.1 Å². The molecule has 1 aliphatic rings. The lowest BCUT2D eigenvalue weighted by Gasteiger charge is -2.34. The predicted molar refractivity (Wildman–Crippen MR) is 92.4 cm³/mol. The average Bonchev–Trinajstić information content (AvgIpc) is 2.52. The lowest BCUT2D eigenvalue weighted by atomic mass is 9.93. The average molecular weight is 419 g/mol. The maximum atomic E-state index is 12.8. The zero-order valence-electron chi connectivity index (χ0n) is 12.3. The summed E-state index contributed by atoms with van der Waals surface area (Å²) < 4.78 is 6.04. The molecule has 3 nitrogen and oxygen atoms in total. The standard InChI is InChI=1S/C16H21Br2NO2/c1-21-15-8-7-12(11-14(15)18)16(20)19(10-9-17)13-5-3-2-4-6-13/h7-8,11,13H,2-6,9-10H2,1H3. The second-order valence-corrected chi connectivity index (χ2v) is 6.98. The molecule has 21 heavy (non-hydrogen) atoms. The van der Waals surface area contributed by atoms with Crippen LogP contribution in [0, 0.1) is 0 Å². The topological polar surface area (TPSA) is 29.5 Å². The van der Waals surface area contributed by atoms with Crippen molar-refractivity contribution in [1.29, 1.82) is 0 Å². The Kier molecular flexibility index (Phi) is 6.55. The molecule has 0 saturated heterocycles. The van der Waals surface area contributed by atoms with Crippen LogP contribution >= 0.6 is 31.9 Å². The summed E-state index contributed by atoms with van der Waals surface area (Å²) in [5, 5.41) is 0.812. The van der Waals surface area contributed by atoms with Gasteiger partial charge < -0.3 is 9.64 Å². The molecule has 1 amide bonds. The molecule has 1 fully saturated rings. The summed E-state index contributed by atoms with van der Waals surface area (Å²) in [6, 6.07) is 5.91. The Bertz CT molecular complexity index is 487. The van der Waals surface area contributed by atoms with Gasteiger partial charge >= 0.3 is 0 Å². The van der Waals surface area contributed by atoms with E-state index < -0.39 is 0 Å². The van der Waals surface area contributed by atoms with E-state index in [4.69, 9.17) is 4.74 Å². The fraction of sp³-hybridized carbons (Fsp3) is 0.562. The molecule has 1 aromatic rings. The minimum Gasteiger partial charge on any atom is -0.496 e. The van der Waals surface area contributed by atoms with Crippen LogP contribution in [0.4, 0.5) is 0 Å². The Labute approximate surface area is 143 Å². The van der Waals surface area contributed by atoms with Gasteiger partial charge in [-0.25, -0.2) is 0 Å². The van der Waals surface area contributed by atoms with Crippen LogP contribution < -0.4 is 4.74 Å². The summed E-state index contributed by atoms with van der Waals surface area (Å²) >= 11 is 6.93. The van der Waals surface area contributed by atoms with E-state index in [1.54, 1.807) is 7.11 Å². The number of ether oxygens (including phenoxy) is 1. The fourth-order valence-corrected chi connectivity index (χ4v) is 3.82. The Morgan fingerprint density at radius 1 is 1.33 bits per heavy atom. The van der Waals surface area contributed by atoms with E-state index >= 15 is 0 Å². The molecule has 0 heterocycles. The summed E-state index contributed by atoms with van der Waals surface area (Å²) in [7, 11) is 1.63. The van der Waals surface area contributed by atoms with Crippen molar-refractivity contribution in [2.24, 2.45) is 0 Å². The normalized spacial score (nSPS) is 15.8. The number of methoxy groups -OCH3 is 1. The molecule has 2 rings (SSSR count). The van der Waals surface area contributed by atoms with Crippen LogP contribution in [0.5, 0.6) is 5.75 Å². The first-order valence-corrected chi connectivity index (χ1v) is 9.29. The van der Waals surface area contributed by atoms with Crippen LogP contribution in [-0.2, 0) is 0 Å². The highest BCUT2D eigenvalue weighted by molar-refractivity contribution is 9.10. The van der Waals surface area contributed by atoms with Crippen molar-refractivity contribution in [3.8, 4) is 5.75 Å². The van der Waals surface area contributed by atoms with Crippen LogP contribution in [0.2, 0.25) is 0 Å². The number of rotatable bonds is 5. The second kappa shape index (κ2) is 8.18. The van der Waals surface area contributed by atoms with Gasteiger partial charge in [0.05, 0.1) is 11.6 Å². The third kappa shape index (κ3) is 4.22. The molecule has 0 atom stereocenters. The van der Waals surface area contributed by atoms with Crippen LogP contribution in [0.25, 0.3) is 0 Å². The molecule has 1 aromatic carbocycles. The van der Waals surface area contributed by atoms with Gasteiger partial charge in [0.2, 0.25) is 0 Å². The van der Waals surface area contributed by atoms with Gasteiger partial charge in [0, 0.05) is 23.5 Å². The van der Waals surface area contributed by atoms with E-state index in [9.17, 15) is 4.79 Å². The zero-order valence-corrected chi connectivity index (χ0v) is 15.5. The van der Waals surface area contributed by atoms with E-state index in [1.165, 1.54) is 19.3 Å². The minimum atomic E-state index is 0.115. The van der Waals surface area contributed by atoms with Gasteiger partial charge in [-0.05, 0) is 47.0 Å². The van der Waals surface area contributed by atoms with Gasteiger partial charge in [0.25, 0.3) is 5.91 Å². The predicted octanol–water partition coefficient (Wildman–Crippen LogP) is 4.63. The van der Waals surface area contributed by atoms with Gasteiger partial charge in [-0.3, -0.25) is 4.79 Å². The van der Waals surface area contributed by atoms with E-state index in [0.29, 0.717) is 11.6 Å². The van der Waals surface area contributed by atoms with Crippen molar-refractivity contribution < 1.29 is 9.53 Å². The minimum absolute atomic E-state index is 0.115. The van der Waals surface area contributed by atoms with Gasteiger partial charge in [-0.2, -0.15) is 0 Å². The molecule has 0 unspecified atom stereocenters. The van der Waals surface area contributed by atoms with Crippen LogP contribution in [0.3, 0.4) is 0 Å². The second-order valence-electron chi connectivity index (χ2n) is 5.33. The number of carbonyl (C=O) groups excluding carboxylic acids is 1. The monoisotopic (exact) mass is 417 g/mol. The zero-order chi connectivity index (χ0) is 15.2. The molecule has 0 radical (unpaired) electrons. The molecule has 5 heteroatoms. The summed E-state index contributed by atoms with van der Waals surface area (Å²) in [4.78, 5) is 14.9. The first-order valence-electron chi connectivity index (χ1n) is 7.38. The number of halogens is 2. The van der Waals surface area contributed by atoms with E-state index in [0.717, 1.165) is 34.9 Å². The summed E-state index contributed by atoms with van der Waals surface area (Å²) in [6.45, 7) is 0.757. The number of hydrogen-bond acceptors (Lipinski definition) is 2. The summed E-state index contributed by atoms with van der Waals surface area (Å²) in [6.07, 6.45) is 5.99. The van der Waals surface area contributed by atoms with Crippen LogP contribution in [0.1, 0.15) is 42.5 Å². The number of carbonyl (C=O) groups is 1. The number of hydrogen-bond donors (Lipinski definition) is 0. The highest BCUT2D eigenvalue weighted by Gasteiger charge is 2.26.